The molecule has 0 aliphatic carbocycles. The number of esters is 1. The number of aryl methyl sites for hydroxylation is 1. The zero-order valence-electron chi connectivity index (χ0n) is 16.9. The Morgan fingerprint density at radius 1 is 1.17 bits per heavy atom. The lowest BCUT2D eigenvalue weighted by Gasteiger charge is -2.10. The minimum Gasteiger partial charge on any atom is -0.465 e. The molecule has 6 nitrogen and oxygen atoms in total. The van der Waals surface area contributed by atoms with Gasteiger partial charge < -0.3 is 14.3 Å². The van der Waals surface area contributed by atoms with Crippen molar-refractivity contribution in [3.63, 3.8) is 0 Å². The van der Waals surface area contributed by atoms with E-state index in [9.17, 15) is 10.1 Å². The van der Waals surface area contributed by atoms with Crippen LogP contribution in [-0.4, -0.2) is 27.6 Å². The standard InChI is InChI=1S/C24H20N4O2/c1-15-12-18(13-19(14-25)23-26-21-6-4-5-7-22(21)27-23)16(2)28(15)20-10-8-17(9-11-20)24(29)30-3/h4-13H,1-3H3,(H,26,27). The molecule has 0 spiro atoms. The molecule has 0 unspecified atom stereocenters. The number of methoxy groups -OCH3 is 1. The summed E-state index contributed by atoms with van der Waals surface area (Å²) in [5.41, 5.74) is 6.55. The van der Waals surface area contributed by atoms with Crippen molar-refractivity contribution in [1.82, 2.24) is 14.5 Å². The van der Waals surface area contributed by atoms with Crippen molar-refractivity contribution in [2.75, 3.05) is 7.11 Å². The van der Waals surface area contributed by atoms with Crippen LogP contribution in [0, 0.1) is 25.2 Å². The summed E-state index contributed by atoms with van der Waals surface area (Å²) in [5.74, 6) is 0.182. The maximum Gasteiger partial charge on any atom is 0.337 e. The smallest absolute Gasteiger partial charge is 0.337 e. The average Bonchev–Trinajstić information content (AvgIpc) is 3.31. The Balaban J connectivity index is 1.73. The number of ether oxygens (including phenoxy) is 1. The number of allylic oxidation sites excluding steroid dienone is 1. The molecule has 0 bridgehead atoms. The number of hydrogen-bond donors (Lipinski definition) is 1. The molecule has 0 aliphatic rings. The molecule has 0 atom stereocenters. The highest BCUT2D eigenvalue weighted by Gasteiger charge is 2.13. The zero-order valence-corrected chi connectivity index (χ0v) is 16.9. The first-order chi connectivity index (χ1) is 14.5. The fraction of sp³-hybridized carbons (Fsp3) is 0.125. The van der Waals surface area contributed by atoms with E-state index in [4.69, 9.17) is 4.74 Å². The van der Waals surface area contributed by atoms with E-state index < -0.39 is 0 Å². The Kier molecular flexibility index (Phi) is 4.95. The van der Waals surface area contributed by atoms with Crippen LogP contribution < -0.4 is 0 Å². The summed E-state index contributed by atoms with van der Waals surface area (Å²) >= 11 is 0. The molecule has 0 saturated carbocycles. The second kappa shape index (κ2) is 7.72. The molecule has 6 heteroatoms. The summed E-state index contributed by atoms with van der Waals surface area (Å²) in [5, 5.41) is 9.73. The molecule has 0 amide bonds. The lowest BCUT2D eigenvalue weighted by Crippen LogP contribution is -2.03. The maximum absolute atomic E-state index is 11.7. The van der Waals surface area contributed by atoms with Gasteiger partial charge in [-0.25, -0.2) is 9.78 Å². The van der Waals surface area contributed by atoms with Crippen molar-refractivity contribution in [1.29, 1.82) is 5.26 Å². The molecule has 0 saturated heterocycles. The van der Waals surface area contributed by atoms with E-state index in [-0.39, 0.29) is 5.97 Å². The quantitative estimate of drug-likeness (QED) is 0.396. The van der Waals surface area contributed by atoms with Crippen LogP contribution in [0.3, 0.4) is 0 Å². The van der Waals surface area contributed by atoms with Gasteiger partial charge in [-0.05, 0) is 68.0 Å². The number of nitriles is 1. The number of hydrogen-bond acceptors (Lipinski definition) is 4. The Bertz CT molecular complexity index is 1280. The summed E-state index contributed by atoms with van der Waals surface area (Å²) in [7, 11) is 1.36. The SMILES string of the molecule is COC(=O)c1ccc(-n2c(C)cc(C=C(C#N)c3nc4ccccc4[nH]3)c2C)cc1. The third-order valence-corrected chi connectivity index (χ3v) is 5.08. The molecule has 30 heavy (non-hydrogen) atoms. The van der Waals surface area contributed by atoms with E-state index in [0.29, 0.717) is 17.0 Å². The molecule has 4 aromatic rings. The van der Waals surface area contributed by atoms with Crippen molar-refractivity contribution in [2.24, 2.45) is 0 Å². The van der Waals surface area contributed by atoms with Crippen molar-refractivity contribution in [2.45, 2.75) is 13.8 Å². The first kappa shape index (κ1) is 19.2. The number of carbonyl (C=O) groups excluding carboxylic acids is 1. The highest BCUT2D eigenvalue weighted by atomic mass is 16.5. The number of nitrogens with one attached hydrogen (secondary N) is 1. The van der Waals surface area contributed by atoms with Crippen LogP contribution in [0.15, 0.2) is 54.6 Å². The summed E-state index contributed by atoms with van der Waals surface area (Å²) in [6, 6.07) is 19.2. The monoisotopic (exact) mass is 396 g/mol. The van der Waals surface area contributed by atoms with Crippen molar-refractivity contribution < 1.29 is 9.53 Å². The van der Waals surface area contributed by atoms with Crippen LogP contribution in [-0.2, 0) is 4.74 Å². The van der Waals surface area contributed by atoms with E-state index in [2.05, 4.69) is 20.6 Å². The van der Waals surface area contributed by atoms with Gasteiger partial charge in [0.1, 0.15) is 11.9 Å². The summed E-state index contributed by atoms with van der Waals surface area (Å²) in [6.07, 6.45) is 1.85. The third kappa shape index (κ3) is 3.38. The number of rotatable bonds is 4. The van der Waals surface area contributed by atoms with Crippen LogP contribution in [0.25, 0.3) is 28.4 Å². The number of H-pyrrole nitrogens is 1. The van der Waals surface area contributed by atoms with Crippen LogP contribution in [0.5, 0.6) is 0 Å². The molecule has 2 heterocycles. The fourth-order valence-corrected chi connectivity index (χ4v) is 3.58. The lowest BCUT2D eigenvalue weighted by atomic mass is 10.1. The largest absolute Gasteiger partial charge is 0.465 e. The topological polar surface area (TPSA) is 83.7 Å². The molecule has 148 valence electrons. The second-order valence-corrected chi connectivity index (χ2v) is 6.97. The number of para-hydroxylation sites is 2. The van der Waals surface area contributed by atoms with E-state index in [1.165, 1.54) is 7.11 Å². The van der Waals surface area contributed by atoms with Crippen molar-refractivity contribution in [3.05, 3.63) is 82.9 Å². The third-order valence-electron chi connectivity index (χ3n) is 5.08. The van der Waals surface area contributed by atoms with Gasteiger partial charge in [0, 0.05) is 17.1 Å². The Morgan fingerprint density at radius 3 is 2.57 bits per heavy atom. The Hall–Kier alpha value is -4.11. The number of nitrogens with zero attached hydrogens (tertiary/aromatic N) is 3. The maximum atomic E-state index is 11.7. The molecule has 1 N–H and O–H groups in total. The predicted octanol–water partition coefficient (Wildman–Crippen LogP) is 4.82. The van der Waals surface area contributed by atoms with E-state index in [1.807, 2.05) is 62.4 Å². The zero-order chi connectivity index (χ0) is 21.3. The van der Waals surface area contributed by atoms with Gasteiger partial charge in [-0.15, -0.1) is 0 Å². The van der Waals surface area contributed by atoms with Crippen molar-refractivity contribution >= 4 is 28.7 Å². The minimum atomic E-state index is -0.365. The van der Waals surface area contributed by atoms with Gasteiger partial charge >= 0.3 is 5.97 Å². The molecule has 2 aromatic heterocycles. The van der Waals surface area contributed by atoms with Crippen molar-refractivity contribution in [3.8, 4) is 11.8 Å². The summed E-state index contributed by atoms with van der Waals surface area (Å²) < 4.78 is 6.84. The van der Waals surface area contributed by atoms with Gasteiger partial charge in [-0.1, -0.05) is 12.1 Å². The Morgan fingerprint density at radius 2 is 1.90 bits per heavy atom. The molecule has 0 aliphatic heterocycles. The van der Waals surface area contributed by atoms with Crippen LogP contribution >= 0.6 is 0 Å². The van der Waals surface area contributed by atoms with Gasteiger partial charge in [0.15, 0.2) is 0 Å². The highest BCUT2D eigenvalue weighted by Crippen LogP contribution is 2.25. The lowest BCUT2D eigenvalue weighted by molar-refractivity contribution is 0.0600. The number of aromatic amines is 1. The van der Waals surface area contributed by atoms with Gasteiger partial charge in [0.05, 0.1) is 29.3 Å². The van der Waals surface area contributed by atoms with Crippen LogP contribution in [0.2, 0.25) is 0 Å². The average molecular weight is 396 g/mol. The molecule has 0 radical (unpaired) electrons. The van der Waals surface area contributed by atoms with Gasteiger partial charge in [-0.2, -0.15) is 5.26 Å². The highest BCUT2D eigenvalue weighted by molar-refractivity contribution is 5.91. The molecular weight excluding hydrogens is 376 g/mol. The van der Waals surface area contributed by atoms with E-state index in [1.54, 1.807) is 12.1 Å². The number of imidazole rings is 1. The fourth-order valence-electron chi connectivity index (χ4n) is 3.58. The minimum absolute atomic E-state index is 0.365. The summed E-state index contributed by atoms with van der Waals surface area (Å²) in [4.78, 5) is 19.4. The van der Waals surface area contributed by atoms with Crippen LogP contribution in [0.4, 0.5) is 0 Å². The number of aromatic nitrogens is 3. The molecule has 0 fully saturated rings. The first-order valence-corrected chi connectivity index (χ1v) is 9.46. The second-order valence-electron chi connectivity index (χ2n) is 6.97. The van der Waals surface area contributed by atoms with Crippen LogP contribution in [0.1, 0.15) is 33.1 Å². The summed E-state index contributed by atoms with van der Waals surface area (Å²) in [6.45, 7) is 4.01. The van der Waals surface area contributed by atoms with Gasteiger partial charge in [0.2, 0.25) is 0 Å². The number of carbonyl (C=O) groups is 1. The van der Waals surface area contributed by atoms with E-state index >= 15 is 0 Å². The van der Waals surface area contributed by atoms with Gasteiger partial charge in [0.25, 0.3) is 0 Å². The Labute approximate surface area is 174 Å². The molecule has 2 aromatic carbocycles. The number of fused-ring (bicyclic) bond motifs is 1. The van der Waals surface area contributed by atoms with Gasteiger partial charge in [-0.3, -0.25) is 0 Å². The van der Waals surface area contributed by atoms with E-state index in [0.717, 1.165) is 33.7 Å². The number of benzene rings is 2. The normalized spacial score (nSPS) is 11.5. The predicted molar refractivity (Wildman–Crippen MR) is 116 cm³/mol. The molecule has 4 rings (SSSR count). The molecular formula is C24H20N4O2. The first-order valence-electron chi connectivity index (χ1n) is 9.46.